The van der Waals surface area contributed by atoms with E-state index in [0.717, 1.165) is 20.2 Å². The molecule has 0 amide bonds. The lowest BCUT2D eigenvalue weighted by atomic mass is 10.3. The maximum absolute atomic E-state index is 12.9. The van der Waals surface area contributed by atoms with Gasteiger partial charge in [-0.05, 0) is 6.07 Å². The molecule has 126 valence electrons. The van der Waals surface area contributed by atoms with Gasteiger partial charge in [-0.3, -0.25) is 0 Å². The predicted molar refractivity (Wildman–Crippen MR) is 72.6 cm³/mol. The van der Waals surface area contributed by atoms with Crippen molar-refractivity contribution in [1.82, 2.24) is 14.5 Å². The Hall–Kier alpha value is -2.17. The zero-order valence-corrected chi connectivity index (χ0v) is 13.1. The number of methoxy groups -OCH3 is 1. The SMILES string of the molecule is CCS(=O)(=O)c1cc2c(nc1C(=O)OC)nc(C(F)(F)F)n2C. The molecule has 11 heteroatoms. The number of rotatable bonds is 3. The van der Waals surface area contributed by atoms with Crippen LogP contribution < -0.4 is 0 Å². The Morgan fingerprint density at radius 2 is 1.96 bits per heavy atom. The van der Waals surface area contributed by atoms with Gasteiger partial charge in [-0.25, -0.2) is 23.2 Å². The highest BCUT2D eigenvalue weighted by Gasteiger charge is 2.38. The van der Waals surface area contributed by atoms with E-state index in [4.69, 9.17) is 0 Å². The van der Waals surface area contributed by atoms with Crippen LogP contribution in [0.25, 0.3) is 11.2 Å². The number of ether oxygens (including phenoxy) is 1. The van der Waals surface area contributed by atoms with Gasteiger partial charge >= 0.3 is 12.1 Å². The van der Waals surface area contributed by atoms with Crippen molar-refractivity contribution in [3.05, 3.63) is 17.6 Å². The molecule has 0 aromatic carbocycles. The van der Waals surface area contributed by atoms with Crippen molar-refractivity contribution in [2.24, 2.45) is 7.05 Å². The summed E-state index contributed by atoms with van der Waals surface area (Å²) in [5.41, 5.74) is -1.14. The highest BCUT2D eigenvalue weighted by Crippen LogP contribution is 2.31. The summed E-state index contributed by atoms with van der Waals surface area (Å²) < 4.78 is 68.0. The molecule has 0 saturated carbocycles. The first kappa shape index (κ1) is 17.2. The third-order valence-corrected chi connectivity index (χ3v) is 4.93. The van der Waals surface area contributed by atoms with Crippen LogP contribution in [0.15, 0.2) is 11.0 Å². The van der Waals surface area contributed by atoms with E-state index < -0.39 is 44.0 Å². The fourth-order valence-corrected chi connectivity index (χ4v) is 3.01. The second-order valence-corrected chi connectivity index (χ2v) is 6.81. The first-order chi connectivity index (χ1) is 10.5. The van der Waals surface area contributed by atoms with Crippen LogP contribution in [0.1, 0.15) is 23.2 Å². The molecule has 0 aliphatic carbocycles. The number of imidazole rings is 1. The molecule has 2 aromatic heterocycles. The number of pyridine rings is 1. The van der Waals surface area contributed by atoms with Gasteiger partial charge in [0.15, 0.2) is 21.2 Å². The highest BCUT2D eigenvalue weighted by atomic mass is 32.2. The summed E-state index contributed by atoms with van der Waals surface area (Å²) in [6.45, 7) is 1.34. The Morgan fingerprint density at radius 3 is 2.43 bits per heavy atom. The van der Waals surface area contributed by atoms with Gasteiger partial charge in [0.05, 0.1) is 18.4 Å². The van der Waals surface area contributed by atoms with E-state index in [1.807, 2.05) is 0 Å². The zero-order valence-electron chi connectivity index (χ0n) is 12.3. The van der Waals surface area contributed by atoms with E-state index in [0.29, 0.717) is 4.57 Å². The number of hydrogen-bond donors (Lipinski definition) is 0. The number of halogens is 3. The molecule has 2 rings (SSSR count). The van der Waals surface area contributed by atoms with Crippen molar-refractivity contribution >= 4 is 27.0 Å². The predicted octanol–water partition coefficient (Wildman–Crippen LogP) is 1.57. The van der Waals surface area contributed by atoms with Crippen molar-refractivity contribution in [3.63, 3.8) is 0 Å². The molecule has 0 radical (unpaired) electrons. The van der Waals surface area contributed by atoms with E-state index in [2.05, 4.69) is 14.7 Å². The highest BCUT2D eigenvalue weighted by molar-refractivity contribution is 7.91. The van der Waals surface area contributed by atoms with Crippen molar-refractivity contribution in [1.29, 1.82) is 0 Å². The van der Waals surface area contributed by atoms with Gasteiger partial charge in [-0.2, -0.15) is 13.2 Å². The molecular weight excluding hydrogens is 339 g/mol. The Morgan fingerprint density at radius 1 is 1.35 bits per heavy atom. The number of carbonyl (C=O) groups is 1. The van der Waals surface area contributed by atoms with Crippen LogP contribution in [-0.2, 0) is 27.8 Å². The van der Waals surface area contributed by atoms with Gasteiger partial charge in [0, 0.05) is 7.05 Å². The summed E-state index contributed by atoms with van der Waals surface area (Å²) in [5, 5.41) is 0. The van der Waals surface area contributed by atoms with E-state index in [-0.39, 0.29) is 11.3 Å². The number of alkyl halides is 3. The van der Waals surface area contributed by atoms with Gasteiger partial charge < -0.3 is 9.30 Å². The number of aryl methyl sites for hydroxylation is 1. The summed E-state index contributed by atoms with van der Waals surface area (Å²) in [5.74, 6) is -2.67. The average Bonchev–Trinajstić information content (AvgIpc) is 2.82. The number of hydrogen-bond acceptors (Lipinski definition) is 6. The van der Waals surface area contributed by atoms with Gasteiger partial charge in [0.25, 0.3) is 0 Å². The van der Waals surface area contributed by atoms with Crippen LogP contribution in [0.3, 0.4) is 0 Å². The van der Waals surface area contributed by atoms with Gasteiger partial charge in [-0.1, -0.05) is 6.92 Å². The number of carbonyl (C=O) groups excluding carboxylic acids is 1. The lowest BCUT2D eigenvalue weighted by molar-refractivity contribution is -0.146. The van der Waals surface area contributed by atoms with Crippen molar-refractivity contribution < 1.29 is 31.1 Å². The average molecular weight is 351 g/mol. The number of nitrogens with zero attached hydrogens (tertiary/aromatic N) is 3. The maximum Gasteiger partial charge on any atom is 0.449 e. The lowest BCUT2D eigenvalue weighted by Gasteiger charge is -2.08. The Balaban J connectivity index is 2.89. The van der Waals surface area contributed by atoms with Crippen LogP contribution in [0.2, 0.25) is 0 Å². The molecule has 0 spiro atoms. The molecule has 0 saturated heterocycles. The summed E-state index contributed by atoms with van der Waals surface area (Å²) in [7, 11) is -1.81. The Bertz CT molecular complexity index is 887. The van der Waals surface area contributed by atoms with Gasteiger partial charge in [0.2, 0.25) is 5.82 Å². The molecule has 0 aliphatic heterocycles. The van der Waals surface area contributed by atoms with E-state index in [1.54, 1.807) is 0 Å². The van der Waals surface area contributed by atoms with Crippen LogP contribution in [0.4, 0.5) is 13.2 Å². The Labute approximate surface area is 129 Å². The normalized spacial score (nSPS) is 12.6. The third kappa shape index (κ3) is 2.87. The van der Waals surface area contributed by atoms with Crippen LogP contribution in [-0.4, -0.2) is 41.8 Å². The standard InChI is InChI=1S/C12H12F3N3O4S/c1-4-23(20,21)7-5-6-9(16-8(7)10(19)22-3)17-11(18(6)2)12(13,14)15/h5H,4H2,1-3H3. The van der Waals surface area contributed by atoms with E-state index in [1.165, 1.54) is 6.92 Å². The van der Waals surface area contributed by atoms with Crippen LogP contribution in [0.5, 0.6) is 0 Å². The monoisotopic (exact) mass is 351 g/mol. The quantitative estimate of drug-likeness (QED) is 0.780. The molecule has 0 fully saturated rings. The third-order valence-electron chi connectivity index (χ3n) is 3.19. The summed E-state index contributed by atoms with van der Waals surface area (Å²) >= 11 is 0. The molecule has 23 heavy (non-hydrogen) atoms. The van der Waals surface area contributed by atoms with Gasteiger partial charge in [0.1, 0.15) is 4.90 Å². The number of aromatic nitrogens is 3. The smallest absolute Gasteiger partial charge is 0.449 e. The van der Waals surface area contributed by atoms with Crippen molar-refractivity contribution in [3.8, 4) is 0 Å². The fraction of sp³-hybridized carbons (Fsp3) is 0.417. The zero-order chi connectivity index (χ0) is 17.6. The first-order valence-corrected chi connectivity index (χ1v) is 7.94. The molecule has 0 atom stereocenters. The minimum absolute atomic E-state index is 0.156. The van der Waals surface area contributed by atoms with Gasteiger partial charge in [-0.15, -0.1) is 0 Å². The van der Waals surface area contributed by atoms with Crippen LogP contribution in [0, 0.1) is 0 Å². The van der Waals surface area contributed by atoms with E-state index in [9.17, 15) is 26.4 Å². The molecule has 0 unspecified atom stereocenters. The topological polar surface area (TPSA) is 91.2 Å². The second-order valence-electron chi connectivity index (χ2n) is 4.57. The molecule has 2 aromatic rings. The minimum atomic E-state index is -4.75. The summed E-state index contributed by atoms with van der Waals surface area (Å²) in [4.78, 5) is 18.2. The summed E-state index contributed by atoms with van der Waals surface area (Å²) in [6, 6.07) is 0.954. The van der Waals surface area contributed by atoms with Crippen molar-refractivity contribution in [2.45, 2.75) is 18.0 Å². The molecule has 0 bridgehead atoms. The Kier molecular flexibility index (Phi) is 4.09. The van der Waals surface area contributed by atoms with Crippen molar-refractivity contribution in [2.75, 3.05) is 12.9 Å². The molecule has 0 aliphatic rings. The molecular formula is C12H12F3N3O4S. The van der Waals surface area contributed by atoms with E-state index >= 15 is 0 Å². The largest absolute Gasteiger partial charge is 0.464 e. The first-order valence-electron chi connectivity index (χ1n) is 6.28. The van der Waals surface area contributed by atoms with Crippen LogP contribution >= 0.6 is 0 Å². The maximum atomic E-state index is 12.9. The molecule has 2 heterocycles. The number of esters is 1. The summed E-state index contributed by atoms with van der Waals surface area (Å²) in [6.07, 6.45) is -4.75. The molecule has 7 nitrogen and oxygen atoms in total. The number of fused-ring (bicyclic) bond motifs is 1. The lowest BCUT2D eigenvalue weighted by Crippen LogP contribution is -2.15. The molecule has 0 N–H and O–H groups in total. The minimum Gasteiger partial charge on any atom is -0.464 e. The second kappa shape index (κ2) is 5.48. The number of sulfone groups is 1. The fourth-order valence-electron chi connectivity index (χ4n) is 1.98.